The lowest BCUT2D eigenvalue weighted by molar-refractivity contribution is 0.538. The van der Waals surface area contributed by atoms with Crippen LogP contribution < -0.4 is 10.6 Å². The van der Waals surface area contributed by atoms with Crippen molar-refractivity contribution in [3.63, 3.8) is 0 Å². The van der Waals surface area contributed by atoms with E-state index in [4.69, 9.17) is 0 Å². The minimum atomic E-state index is 0.431. The maximum absolute atomic E-state index is 4.51. The van der Waals surface area contributed by atoms with Crippen LogP contribution in [0, 0.1) is 0 Å². The van der Waals surface area contributed by atoms with Crippen LogP contribution in [-0.4, -0.2) is 36.7 Å². The molecular formula is C8H18N2S2. The van der Waals surface area contributed by atoms with Crippen LogP contribution in [0.25, 0.3) is 0 Å². The Morgan fingerprint density at radius 2 is 1.17 bits per heavy atom. The van der Waals surface area contributed by atoms with E-state index in [-0.39, 0.29) is 0 Å². The Bertz CT molecular complexity index is 108. The molecule has 0 bridgehead atoms. The van der Waals surface area contributed by atoms with Crippen LogP contribution in [0.4, 0.5) is 0 Å². The predicted octanol–water partition coefficient (Wildman–Crippen LogP) is 0.556. The zero-order valence-corrected chi connectivity index (χ0v) is 9.08. The highest BCUT2D eigenvalue weighted by atomic mass is 32.1. The Hall–Kier alpha value is 0.620. The third-order valence-corrected chi connectivity index (χ3v) is 3.63. The molecule has 0 aromatic heterocycles. The van der Waals surface area contributed by atoms with Gasteiger partial charge in [-0.3, -0.25) is 0 Å². The SMILES string of the molecule is SC1CCNCCNCCC1S. The van der Waals surface area contributed by atoms with Crippen LogP contribution in [0.3, 0.4) is 0 Å². The highest BCUT2D eigenvalue weighted by Gasteiger charge is 2.13. The van der Waals surface area contributed by atoms with E-state index >= 15 is 0 Å². The molecule has 1 rings (SSSR count). The van der Waals surface area contributed by atoms with E-state index in [1.54, 1.807) is 0 Å². The highest BCUT2D eigenvalue weighted by molar-refractivity contribution is 7.85. The molecule has 1 fully saturated rings. The molecule has 0 saturated carbocycles. The summed E-state index contributed by atoms with van der Waals surface area (Å²) in [6, 6.07) is 0. The van der Waals surface area contributed by atoms with Gasteiger partial charge in [-0.05, 0) is 25.9 Å². The van der Waals surface area contributed by atoms with Crippen LogP contribution >= 0.6 is 25.3 Å². The van der Waals surface area contributed by atoms with Crippen molar-refractivity contribution < 1.29 is 0 Å². The summed E-state index contributed by atoms with van der Waals surface area (Å²) >= 11 is 9.02. The molecule has 1 aliphatic heterocycles. The molecule has 4 heteroatoms. The molecule has 12 heavy (non-hydrogen) atoms. The van der Waals surface area contributed by atoms with Crippen LogP contribution in [0.1, 0.15) is 12.8 Å². The minimum Gasteiger partial charge on any atom is -0.315 e. The quantitative estimate of drug-likeness (QED) is 0.435. The van der Waals surface area contributed by atoms with E-state index in [0.717, 1.165) is 39.0 Å². The van der Waals surface area contributed by atoms with Crippen molar-refractivity contribution in [2.45, 2.75) is 23.3 Å². The fraction of sp³-hybridized carbons (Fsp3) is 1.00. The monoisotopic (exact) mass is 206 g/mol. The highest BCUT2D eigenvalue weighted by Crippen LogP contribution is 2.15. The zero-order chi connectivity index (χ0) is 8.81. The fourth-order valence-corrected chi connectivity index (χ4v) is 1.87. The number of rotatable bonds is 0. The minimum absolute atomic E-state index is 0.431. The second-order valence-electron chi connectivity index (χ2n) is 3.21. The van der Waals surface area contributed by atoms with Crippen molar-refractivity contribution in [2.24, 2.45) is 0 Å². The lowest BCUT2D eigenvalue weighted by atomic mass is 10.1. The summed E-state index contributed by atoms with van der Waals surface area (Å²) < 4.78 is 0. The van der Waals surface area contributed by atoms with E-state index in [1.807, 2.05) is 0 Å². The molecular weight excluding hydrogens is 188 g/mol. The van der Waals surface area contributed by atoms with Gasteiger partial charge in [0.2, 0.25) is 0 Å². The predicted molar refractivity (Wildman–Crippen MR) is 60.5 cm³/mol. The van der Waals surface area contributed by atoms with Gasteiger partial charge in [-0.1, -0.05) is 0 Å². The number of nitrogens with one attached hydrogen (secondary N) is 2. The van der Waals surface area contributed by atoms with Gasteiger partial charge in [-0.15, -0.1) is 0 Å². The van der Waals surface area contributed by atoms with Gasteiger partial charge < -0.3 is 10.6 Å². The molecule has 1 heterocycles. The molecule has 0 aromatic rings. The van der Waals surface area contributed by atoms with E-state index in [2.05, 4.69) is 35.9 Å². The molecule has 1 aliphatic rings. The smallest absolute Gasteiger partial charge is 0.0146 e. The summed E-state index contributed by atoms with van der Waals surface area (Å²) in [6.07, 6.45) is 2.24. The Labute approximate surface area is 85.7 Å². The van der Waals surface area contributed by atoms with Gasteiger partial charge in [0.05, 0.1) is 0 Å². The Morgan fingerprint density at radius 1 is 0.750 bits per heavy atom. The summed E-state index contributed by atoms with van der Waals surface area (Å²) in [6.45, 7) is 4.26. The normalized spacial score (nSPS) is 34.5. The lowest BCUT2D eigenvalue weighted by Gasteiger charge is -2.20. The molecule has 2 N–H and O–H groups in total. The average molecular weight is 206 g/mol. The van der Waals surface area contributed by atoms with Gasteiger partial charge in [-0.2, -0.15) is 25.3 Å². The van der Waals surface area contributed by atoms with Gasteiger partial charge in [0.15, 0.2) is 0 Å². The van der Waals surface area contributed by atoms with Crippen molar-refractivity contribution >= 4 is 25.3 Å². The maximum atomic E-state index is 4.51. The molecule has 0 amide bonds. The number of hydrogen-bond acceptors (Lipinski definition) is 4. The van der Waals surface area contributed by atoms with Gasteiger partial charge >= 0.3 is 0 Å². The number of thiol groups is 2. The van der Waals surface area contributed by atoms with Crippen LogP contribution in [0.5, 0.6) is 0 Å². The van der Waals surface area contributed by atoms with Crippen molar-refractivity contribution in [3.8, 4) is 0 Å². The first-order chi connectivity index (χ1) is 5.80. The van der Waals surface area contributed by atoms with Crippen LogP contribution in [-0.2, 0) is 0 Å². The van der Waals surface area contributed by atoms with Crippen molar-refractivity contribution in [1.82, 2.24) is 10.6 Å². The number of hydrogen-bond donors (Lipinski definition) is 4. The summed E-state index contributed by atoms with van der Waals surface area (Å²) in [7, 11) is 0. The molecule has 2 nitrogen and oxygen atoms in total. The molecule has 0 radical (unpaired) electrons. The van der Waals surface area contributed by atoms with Gasteiger partial charge in [-0.25, -0.2) is 0 Å². The summed E-state index contributed by atoms with van der Waals surface area (Å²) in [5.41, 5.74) is 0. The summed E-state index contributed by atoms with van der Waals surface area (Å²) in [5.74, 6) is 0. The topological polar surface area (TPSA) is 24.1 Å². The van der Waals surface area contributed by atoms with Crippen molar-refractivity contribution in [2.75, 3.05) is 26.2 Å². The Balaban J connectivity index is 2.26. The molecule has 72 valence electrons. The average Bonchev–Trinajstić information content (AvgIpc) is 2.08. The van der Waals surface area contributed by atoms with E-state index in [1.165, 1.54) is 0 Å². The standard InChI is InChI=1S/C8H18N2S2/c11-7-1-3-9-5-6-10-4-2-8(7)12/h7-12H,1-6H2. The third kappa shape index (κ3) is 4.03. The van der Waals surface area contributed by atoms with Crippen molar-refractivity contribution in [3.05, 3.63) is 0 Å². The molecule has 2 atom stereocenters. The molecule has 0 aromatic carbocycles. The molecule has 0 spiro atoms. The first kappa shape index (κ1) is 10.7. The third-order valence-electron chi connectivity index (χ3n) is 2.16. The first-order valence-corrected chi connectivity index (χ1v) is 5.61. The van der Waals surface area contributed by atoms with Gasteiger partial charge in [0, 0.05) is 23.6 Å². The summed E-state index contributed by atoms with van der Waals surface area (Å²) in [5, 5.41) is 7.58. The largest absolute Gasteiger partial charge is 0.315 e. The van der Waals surface area contributed by atoms with Crippen LogP contribution in [0.15, 0.2) is 0 Å². The van der Waals surface area contributed by atoms with Gasteiger partial charge in [0.25, 0.3) is 0 Å². The first-order valence-electron chi connectivity index (χ1n) is 4.58. The molecule has 0 aliphatic carbocycles. The van der Waals surface area contributed by atoms with E-state index < -0.39 is 0 Å². The van der Waals surface area contributed by atoms with Gasteiger partial charge in [0.1, 0.15) is 0 Å². The summed E-state index contributed by atoms with van der Waals surface area (Å²) in [4.78, 5) is 0. The Kier molecular flexibility index (Phi) is 5.47. The molecule has 1 saturated heterocycles. The van der Waals surface area contributed by atoms with E-state index in [9.17, 15) is 0 Å². The fourth-order valence-electron chi connectivity index (χ4n) is 1.31. The van der Waals surface area contributed by atoms with Crippen LogP contribution in [0.2, 0.25) is 0 Å². The maximum Gasteiger partial charge on any atom is 0.0146 e. The van der Waals surface area contributed by atoms with Crippen molar-refractivity contribution in [1.29, 1.82) is 0 Å². The van der Waals surface area contributed by atoms with E-state index in [0.29, 0.717) is 10.5 Å². The molecule has 2 unspecified atom stereocenters. The lowest BCUT2D eigenvalue weighted by Crippen LogP contribution is -2.34. The second-order valence-corrected chi connectivity index (χ2v) is 4.54. The zero-order valence-electron chi connectivity index (χ0n) is 7.29. The Morgan fingerprint density at radius 3 is 1.58 bits per heavy atom. The second kappa shape index (κ2) is 6.13.